The summed E-state index contributed by atoms with van der Waals surface area (Å²) in [6, 6.07) is 12.6. The molecule has 2 aliphatic heterocycles. The predicted octanol–water partition coefficient (Wildman–Crippen LogP) is 2.27. The lowest BCUT2D eigenvalue weighted by molar-refractivity contribution is -0.114. The number of anilines is 2. The van der Waals surface area contributed by atoms with Gasteiger partial charge in [0.2, 0.25) is 5.91 Å². The average Bonchev–Trinajstić information content (AvgIpc) is 3.29. The molecule has 1 saturated heterocycles. The van der Waals surface area contributed by atoms with Crippen LogP contribution in [0.4, 0.5) is 11.4 Å². The minimum atomic E-state index is -3.60. The molecule has 2 aliphatic rings. The minimum absolute atomic E-state index is 0.167. The molecule has 0 atom stereocenters. The maximum Gasteiger partial charge on any atom is 0.263 e. The highest BCUT2D eigenvalue weighted by molar-refractivity contribution is 7.90. The largest absolute Gasteiger partial charge is 0.372 e. The number of aliphatic imine (C=N–C) groups is 1. The normalized spacial score (nSPS) is 18.8. The van der Waals surface area contributed by atoms with Gasteiger partial charge < -0.3 is 10.2 Å². The molecule has 1 fully saturated rings. The number of fused-ring (bicyclic) bond motifs is 1. The summed E-state index contributed by atoms with van der Waals surface area (Å²) in [5, 5.41) is 2.85. The van der Waals surface area contributed by atoms with Crippen molar-refractivity contribution in [1.29, 1.82) is 0 Å². The third-order valence-corrected chi connectivity index (χ3v) is 6.40. The lowest BCUT2D eigenvalue weighted by Gasteiger charge is -2.19. The quantitative estimate of drug-likeness (QED) is 0.827. The Hall–Kier alpha value is -2.87. The van der Waals surface area contributed by atoms with Gasteiger partial charge in [-0.3, -0.25) is 14.5 Å². The molecule has 2 N–H and O–H groups in total. The van der Waals surface area contributed by atoms with Crippen molar-refractivity contribution in [2.45, 2.75) is 24.7 Å². The Labute approximate surface area is 164 Å². The van der Waals surface area contributed by atoms with E-state index in [1.165, 1.54) is 24.6 Å². The number of hydrogen-bond acceptors (Lipinski definition) is 5. The first kappa shape index (κ1) is 18.5. The van der Waals surface area contributed by atoms with E-state index in [1.54, 1.807) is 18.2 Å². The van der Waals surface area contributed by atoms with Crippen molar-refractivity contribution >= 4 is 33.1 Å². The molecule has 8 heteroatoms. The molecular formula is C20H22N4O3S. The van der Waals surface area contributed by atoms with Crippen LogP contribution in [0.2, 0.25) is 0 Å². The zero-order valence-corrected chi connectivity index (χ0v) is 16.4. The van der Waals surface area contributed by atoms with Crippen LogP contribution in [0.1, 0.15) is 24.0 Å². The molecule has 0 spiro atoms. The fourth-order valence-electron chi connectivity index (χ4n) is 3.55. The number of carbonyl (C=O) groups is 1. The maximum atomic E-state index is 12.3. The Kier molecular flexibility index (Phi) is 4.80. The van der Waals surface area contributed by atoms with Gasteiger partial charge in [0.25, 0.3) is 10.0 Å². The second-order valence-electron chi connectivity index (χ2n) is 7.01. The van der Waals surface area contributed by atoms with Crippen LogP contribution in [-0.4, -0.2) is 39.8 Å². The second kappa shape index (κ2) is 7.27. The van der Waals surface area contributed by atoms with Crippen LogP contribution in [0.3, 0.4) is 0 Å². The number of nitrogens with one attached hydrogen (secondary N) is 2. The number of carbonyl (C=O) groups excluding carboxylic acids is 1. The summed E-state index contributed by atoms with van der Waals surface area (Å²) >= 11 is 0. The second-order valence-corrected chi connectivity index (χ2v) is 8.66. The number of amides is 1. The molecule has 0 bridgehead atoms. The van der Waals surface area contributed by atoms with E-state index in [1.807, 2.05) is 19.1 Å². The van der Waals surface area contributed by atoms with Gasteiger partial charge in [0, 0.05) is 30.0 Å². The topological polar surface area (TPSA) is 90.9 Å². The Bertz CT molecular complexity index is 1060. The fourth-order valence-corrected chi connectivity index (χ4v) is 4.80. The summed E-state index contributed by atoms with van der Waals surface area (Å²) in [5.41, 5.74) is 3.38. The van der Waals surface area contributed by atoms with Crippen molar-refractivity contribution in [2.75, 3.05) is 29.9 Å². The van der Waals surface area contributed by atoms with Crippen LogP contribution < -0.4 is 14.9 Å². The van der Waals surface area contributed by atoms with E-state index in [-0.39, 0.29) is 23.2 Å². The maximum absolute atomic E-state index is 12.3. The number of sulfonamides is 1. The highest BCUT2D eigenvalue weighted by Crippen LogP contribution is 2.26. The number of amidine groups is 1. The van der Waals surface area contributed by atoms with Gasteiger partial charge in [0.05, 0.1) is 4.90 Å². The SMILES string of the molecule is Cc1cc(N2CCCC2)ccc1NC(=O)CN=C1NS(=O)(=O)c2ccccc21. The molecule has 28 heavy (non-hydrogen) atoms. The smallest absolute Gasteiger partial charge is 0.263 e. The highest BCUT2D eigenvalue weighted by atomic mass is 32.2. The summed E-state index contributed by atoms with van der Waals surface area (Å²) in [4.78, 5) is 19.0. The van der Waals surface area contributed by atoms with E-state index in [0.717, 1.165) is 24.3 Å². The highest BCUT2D eigenvalue weighted by Gasteiger charge is 2.30. The Morgan fingerprint density at radius 2 is 1.93 bits per heavy atom. The molecule has 4 rings (SSSR count). The van der Waals surface area contributed by atoms with Crippen LogP contribution in [0, 0.1) is 6.92 Å². The summed E-state index contributed by atoms with van der Waals surface area (Å²) in [6.07, 6.45) is 2.43. The van der Waals surface area contributed by atoms with Crippen molar-refractivity contribution < 1.29 is 13.2 Å². The lowest BCUT2D eigenvalue weighted by atomic mass is 10.1. The summed E-state index contributed by atoms with van der Waals surface area (Å²) < 4.78 is 26.6. The molecule has 0 saturated carbocycles. The van der Waals surface area contributed by atoms with Crippen molar-refractivity contribution in [3.63, 3.8) is 0 Å². The summed E-state index contributed by atoms with van der Waals surface area (Å²) in [7, 11) is -3.60. The number of hydrogen-bond donors (Lipinski definition) is 2. The fraction of sp³-hybridized carbons (Fsp3) is 0.300. The molecule has 7 nitrogen and oxygen atoms in total. The van der Waals surface area contributed by atoms with Crippen molar-refractivity contribution in [3.8, 4) is 0 Å². The monoisotopic (exact) mass is 398 g/mol. The van der Waals surface area contributed by atoms with Gasteiger partial charge in [0.15, 0.2) is 0 Å². The van der Waals surface area contributed by atoms with Crippen LogP contribution in [-0.2, 0) is 14.8 Å². The molecule has 2 heterocycles. The van der Waals surface area contributed by atoms with Gasteiger partial charge in [0.1, 0.15) is 12.4 Å². The number of nitrogens with zero attached hydrogens (tertiary/aromatic N) is 2. The first-order valence-electron chi connectivity index (χ1n) is 9.26. The van der Waals surface area contributed by atoms with Crippen LogP contribution in [0.25, 0.3) is 0 Å². The van der Waals surface area contributed by atoms with Gasteiger partial charge in [-0.25, -0.2) is 8.42 Å². The van der Waals surface area contributed by atoms with Crippen molar-refractivity contribution in [3.05, 3.63) is 53.6 Å². The zero-order chi connectivity index (χ0) is 19.7. The molecule has 146 valence electrons. The number of rotatable bonds is 4. The first-order valence-corrected chi connectivity index (χ1v) is 10.7. The number of benzene rings is 2. The molecule has 0 radical (unpaired) electrons. The van der Waals surface area contributed by atoms with Crippen molar-refractivity contribution in [2.24, 2.45) is 4.99 Å². The Morgan fingerprint density at radius 1 is 1.18 bits per heavy atom. The predicted molar refractivity (Wildman–Crippen MR) is 109 cm³/mol. The van der Waals surface area contributed by atoms with Crippen LogP contribution >= 0.6 is 0 Å². The van der Waals surface area contributed by atoms with E-state index in [0.29, 0.717) is 5.56 Å². The van der Waals surface area contributed by atoms with Crippen molar-refractivity contribution in [1.82, 2.24) is 4.72 Å². The van der Waals surface area contributed by atoms with Crippen LogP contribution in [0.5, 0.6) is 0 Å². The summed E-state index contributed by atoms with van der Waals surface area (Å²) in [5.74, 6) is -0.0973. The lowest BCUT2D eigenvalue weighted by Crippen LogP contribution is -2.24. The molecule has 0 aliphatic carbocycles. The molecule has 0 unspecified atom stereocenters. The minimum Gasteiger partial charge on any atom is -0.372 e. The average molecular weight is 398 g/mol. The molecule has 2 aromatic carbocycles. The standard InChI is InChI=1S/C20H22N4O3S/c1-14-12-15(24-10-4-5-11-24)8-9-17(14)22-19(25)13-21-20-16-6-2-3-7-18(16)28(26,27)23-20/h2-3,6-9,12H,4-5,10-11,13H2,1H3,(H,21,23)(H,22,25). The third-order valence-electron chi connectivity index (χ3n) is 5.00. The zero-order valence-electron chi connectivity index (χ0n) is 15.6. The van der Waals surface area contributed by atoms with E-state index in [9.17, 15) is 13.2 Å². The van der Waals surface area contributed by atoms with Crippen LogP contribution in [0.15, 0.2) is 52.4 Å². The molecule has 0 aromatic heterocycles. The number of aryl methyl sites for hydroxylation is 1. The van der Waals surface area contributed by atoms with E-state index in [2.05, 4.69) is 26.0 Å². The van der Waals surface area contributed by atoms with E-state index >= 15 is 0 Å². The van der Waals surface area contributed by atoms with Gasteiger partial charge in [-0.1, -0.05) is 12.1 Å². The molecular weight excluding hydrogens is 376 g/mol. The third kappa shape index (κ3) is 3.60. The van der Waals surface area contributed by atoms with Gasteiger partial charge >= 0.3 is 0 Å². The molecule has 2 aromatic rings. The van der Waals surface area contributed by atoms with Gasteiger partial charge in [-0.05, 0) is 55.7 Å². The Morgan fingerprint density at radius 3 is 2.68 bits per heavy atom. The van der Waals surface area contributed by atoms with E-state index in [4.69, 9.17) is 0 Å². The van der Waals surface area contributed by atoms with E-state index < -0.39 is 10.0 Å². The molecule has 1 amide bonds. The Balaban J connectivity index is 1.45. The van der Waals surface area contributed by atoms with Gasteiger partial charge in [-0.2, -0.15) is 0 Å². The summed E-state index contributed by atoms with van der Waals surface area (Å²) in [6.45, 7) is 3.93. The van der Waals surface area contributed by atoms with Gasteiger partial charge in [-0.15, -0.1) is 0 Å². The first-order chi connectivity index (χ1) is 13.4.